The molecule has 2 aromatic heterocycles. The number of carbonyl (C=O) groups excluding carboxylic acids is 2. The molecule has 1 aromatic carbocycles. The largest absolute Gasteiger partial charge is 0.381 e. The fourth-order valence-electron chi connectivity index (χ4n) is 5.29. The maximum absolute atomic E-state index is 13.4. The fourth-order valence-corrected chi connectivity index (χ4v) is 5.41. The predicted octanol–water partition coefficient (Wildman–Crippen LogP) is 2.23. The van der Waals surface area contributed by atoms with E-state index in [2.05, 4.69) is 28.0 Å². The van der Waals surface area contributed by atoms with Crippen molar-refractivity contribution in [2.24, 2.45) is 5.41 Å². The minimum Gasteiger partial charge on any atom is -0.381 e. The van der Waals surface area contributed by atoms with Gasteiger partial charge in [-0.3, -0.25) is 9.59 Å². The molecule has 1 aliphatic carbocycles. The Hall–Kier alpha value is -3.11. The summed E-state index contributed by atoms with van der Waals surface area (Å²) in [6.45, 7) is 6.93. The van der Waals surface area contributed by atoms with Crippen molar-refractivity contribution in [3.63, 3.8) is 0 Å². The third-order valence-corrected chi connectivity index (χ3v) is 8.32. The van der Waals surface area contributed by atoms with Crippen molar-refractivity contribution in [3.05, 3.63) is 46.2 Å². The summed E-state index contributed by atoms with van der Waals surface area (Å²) < 4.78 is 7.46. The van der Waals surface area contributed by atoms with E-state index in [9.17, 15) is 9.59 Å². The van der Waals surface area contributed by atoms with Gasteiger partial charge < -0.3 is 20.7 Å². The van der Waals surface area contributed by atoms with Gasteiger partial charge >= 0.3 is 0 Å². The van der Waals surface area contributed by atoms with Crippen LogP contribution in [0.15, 0.2) is 24.4 Å². The lowest BCUT2D eigenvalue weighted by atomic mass is 9.94. The first-order chi connectivity index (χ1) is 18.9. The second kappa shape index (κ2) is 11.6. The van der Waals surface area contributed by atoms with Crippen LogP contribution in [0.1, 0.15) is 56.4 Å². The molecular weight excluding hydrogens is 515 g/mol. The van der Waals surface area contributed by atoms with E-state index in [1.165, 1.54) is 0 Å². The maximum Gasteiger partial charge on any atom is 0.235 e. The predicted molar refractivity (Wildman–Crippen MR) is 155 cm³/mol. The summed E-state index contributed by atoms with van der Waals surface area (Å²) in [5, 5.41) is 16.0. The second-order valence-electron chi connectivity index (χ2n) is 10.5. The molecule has 1 saturated carbocycles. The van der Waals surface area contributed by atoms with E-state index in [-0.39, 0.29) is 17.9 Å². The van der Waals surface area contributed by atoms with Crippen molar-refractivity contribution >= 4 is 53.4 Å². The van der Waals surface area contributed by atoms with Crippen molar-refractivity contribution in [1.29, 1.82) is 0 Å². The van der Waals surface area contributed by atoms with Gasteiger partial charge in [-0.05, 0) is 50.7 Å². The monoisotopic (exact) mass is 550 g/mol. The zero-order valence-corrected chi connectivity index (χ0v) is 23.7. The second-order valence-corrected chi connectivity index (χ2v) is 10.9. The van der Waals surface area contributed by atoms with E-state index < -0.39 is 5.41 Å². The quantitative estimate of drug-likeness (QED) is 0.264. The molecule has 5 rings (SSSR count). The number of rotatable bonds is 10. The molecule has 1 saturated heterocycles. The van der Waals surface area contributed by atoms with Crippen LogP contribution in [0.25, 0.3) is 11.0 Å². The number of ether oxygens (including phenoxy) is 1. The van der Waals surface area contributed by atoms with E-state index in [1.807, 2.05) is 43.8 Å². The normalized spacial score (nSPS) is 16.7. The number of benzene rings is 1. The van der Waals surface area contributed by atoms with Crippen LogP contribution in [0.4, 0.5) is 5.69 Å². The van der Waals surface area contributed by atoms with E-state index in [0.29, 0.717) is 37.4 Å². The van der Waals surface area contributed by atoms with E-state index >= 15 is 0 Å². The molecule has 2 aliphatic rings. The molecule has 0 bridgehead atoms. The van der Waals surface area contributed by atoms with Crippen LogP contribution in [-0.4, -0.2) is 53.7 Å². The Morgan fingerprint density at radius 3 is 2.51 bits per heavy atom. The Morgan fingerprint density at radius 2 is 1.87 bits per heavy atom. The molecule has 9 nitrogen and oxygen atoms in total. The molecule has 3 aromatic rings. The molecular formula is C28H36BClN6O3. The topological polar surface area (TPSA) is 110 Å². The molecule has 0 atom stereocenters. The minimum atomic E-state index is -1.02. The van der Waals surface area contributed by atoms with Gasteiger partial charge in [0.05, 0.1) is 17.3 Å². The van der Waals surface area contributed by atoms with Crippen LogP contribution < -0.4 is 21.4 Å². The Balaban J connectivity index is 1.34. The third-order valence-electron chi connectivity index (χ3n) is 7.90. The molecule has 0 spiro atoms. The highest BCUT2D eigenvalue weighted by Gasteiger charge is 2.56. The van der Waals surface area contributed by atoms with Crippen LogP contribution in [0.2, 0.25) is 5.02 Å². The molecule has 2 fully saturated rings. The van der Waals surface area contributed by atoms with Crippen LogP contribution >= 0.6 is 11.6 Å². The summed E-state index contributed by atoms with van der Waals surface area (Å²) >= 11 is 6.12. The fraction of sp³-hybridized carbons (Fsp3) is 0.500. The van der Waals surface area contributed by atoms with E-state index in [1.54, 1.807) is 0 Å². The molecule has 206 valence electrons. The van der Waals surface area contributed by atoms with Crippen molar-refractivity contribution in [3.8, 4) is 0 Å². The summed E-state index contributed by atoms with van der Waals surface area (Å²) in [4.78, 5) is 31.5. The highest BCUT2D eigenvalue weighted by Crippen LogP contribution is 2.46. The van der Waals surface area contributed by atoms with Crippen molar-refractivity contribution in [1.82, 2.24) is 25.4 Å². The number of nitrogens with zero attached hydrogens (tertiary/aromatic N) is 3. The molecule has 39 heavy (non-hydrogen) atoms. The van der Waals surface area contributed by atoms with Gasteiger partial charge in [-0.25, -0.2) is 9.67 Å². The Bertz CT molecular complexity index is 1380. The summed E-state index contributed by atoms with van der Waals surface area (Å²) in [5.41, 5.74) is 4.56. The average Bonchev–Trinajstić information content (AvgIpc) is 3.67. The Morgan fingerprint density at radius 1 is 1.15 bits per heavy atom. The lowest BCUT2D eigenvalue weighted by molar-refractivity contribution is -0.137. The van der Waals surface area contributed by atoms with E-state index in [4.69, 9.17) is 21.3 Å². The average molecular weight is 551 g/mol. The van der Waals surface area contributed by atoms with Gasteiger partial charge in [-0.2, -0.15) is 5.10 Å². The van der Waals surface area contributed by atoms with Crippen LogP contribution in [0, 0.1) is 5.41 Å². The summed E-state index contributed by atoms with van der Waals surface area (Å²) in [7, 11) is 1.93. The molecule has 1 aliphatic heterocycles. The van der Waals surface area contributed by atoms with Gasteiger partial charge in [0, 0.05) is 55.2 Å². The molecule has 3 N–H and O–H groups in total. The van der Waals surface area contributed by atoms with Crippen LogP contribution in [0.3, 0.4) is 0 Å². The highest BCUT2D eigenvalue weighted by molar-refractivity contribution is 6.45. The number of anilines is 1. The minimum absolute atomic E-state index is 0.235. The highest BCUT2D eigenvalue weighted by atomic mass is 35.5. The summed E-state index contributed by atoms with van der Waals surface area (Å²) in [5.74, 6) is -0.475. The van der Waals surface area contributed by atoms with Gasteiger partial charge in [0.15, 0.2) is 5.65 Å². The zero-order chi connectivity index (χ0) is 27.6. The number of aromatic nitrogens is 3. The van der Waals surface area contributed by atoms with Crippen LogP contribution in [0.5, 0.6) is 0 Å². The molecule has 0 unspecified atom stereocenters. The number of hydrogen-bond acceptors (Lipinski definition) is 6. The number of fused-ring (bicyclic) bond motifs is 1. The lowest BCUT2D eigenvalue weighted by Gasteiger charge is -2.27. The maximum atomic E-state index is 13.4. The Labute approximate surface area is 234 Å². The third kappa shape index (κ3) is 5.63. The standard InChI is InChI=1S/C28H36BClN6O3/c1-3-23-19(24(34-18-7-11-39-12-8-18)20-16-33-36(4-2)25(20)35-23)15-32-27(38)28(9-10-28)26(37)31-14-17-5-6-22(30)21(29)13-17/h5-6,13,16,18H,3-4,7-12,14-15,29H2,1-2H3,(H,31,37)(H,32,38)(H,34,35). The number of carbonyl (C=O) groups is 2. The lowest BCUT2D eigenvalue weighted by Crippen LogP contribution is -2.43. The Kier molecular flexibility index (Phi) is 8.14. The smallest absolute Gasteiger partial charge is 0.235 e. The van der Waals surface area contributed by atoms with Gasteiger partial charge in [0.1, 0.15) is 13.3 Å². The first kappa shape index (κ1) is 27.5. The number of pyridine rings is 1. The molecule has 3 heterocycles. The van der Waals surface area contributed by atoms with Crippen LogP contribution in [-0.2, 0) is 40.4 Å². The molecule has 2 amide bonds. The van der Waals surface area contributed by atoms with E-state index in [0.717, 1.165) is 71.6 Å². The number of amides is 2. The van der Waals surface area contributed by atoms with Crippen molar-refractivity contribution < 1.29 is 14.3 Å². The number of nitrogens with one attached hydrogen (secondary N) is 3. The number of halogens is 1. The van der Waals surface area contributed by atoms with Crippen molar-refractivity contribution in [2.75, 3.05) is 18.5 Å². The van der Waals surface area contributed by atoms with Crippen molar-refractivity contribution in [2.45, 2.75) is 71.6 Å². The zero-order valence-electron chi connectivity index (χ0n) is 22.9. The summed E-state index contributed by atoms with van der Waals surface area (Å²) in [6.07, 6.45) is 5.47. The number of aryl methyl sites for hydroxylation is 2. The molecule has 0 radical (unpaired) electrons. The first-order valence-electron chi connectivity index (χ1n) is 13.9. The first-order valence-corrected chi connectivity index (χ1v) is 14.3. The summed E-state index contributed by atoms with van der Waals surface area (Å²) in [6, 6.07) is 5.93. The molecule has 11 heteroatoms. The number of hydrogen-bond donors (Lipinski definition) is 3. The van der Waals surface area contributed by atoms with Gasteiger partial charge in [0.2, 0.25) is 11.8 Å². The van der Waals surface area contributed by atoms with Gasteiger partial charge in [0.25, 0.3) is 0 Å². The van der Waals surface area contributed by atoms with Gasteiger partial charge in [-0.1, -0.05) is 36.1 Å². The SMILES string of the molecule is Bc1cc(CNC(=O)C2(C(=O)NCc3c(CC)nc4c(cnn4CC)c3NC3CCOCC3)CC2)ccc1Cl. The van der Waals surface area contributed by atoms with Gasteiger partial charge in [-0.15, -0.1) is 0 Å².